The largest absolute Gasteiger partial charge is 0.756 e. The molecule has 0 aliphatic rings. The van der Waals surface area contributed by atoms with Crippen LogP contribution in [0, 0.1) is 0 Å². The molecular weight excluding hydrogens is 766 g/mol. The van der Waals surface area contributed by atoms with Crippen LogP contribution in [0.1, 0.15) is 136 Å². The molecule has 2 unspecified atom stereocenters. The van der Waals surface area contributed by atoms with Crippen molar-refractivity contribution >= 4 is 19.8 Å². The molecule has 0 aromatic carbocycles. The quantitative estimate of drug-likeness (QED) is 0.0161. The third-order valence-electron chi connectivity index (χ3n) is 8.69. The zero-order valence-electron chi connectivity index (χ0n) is 37.3. The summed E-state index contributed by atoms with van der Waals surface area (Å²) < 4.78 is 33.6. The van der Waals surface area contributed by atoms with Crippen LogP contribution in [0.5, 0.6) is 0 Å². The van der Waals surface area contributed by atoms with Crippen molar-refractivity contribution in [2.45, 2.75) is 148 Å². The van der Waals surface area contributed by atoms with E-state index in [0.29, 0.717) is 36.7 Å². The van der Waals surface area contributed by atoms with Crippen LogP contribution in [0.25, 0.3) is 0 Å². The van der Waals surface area contributed by atoms with Crippen LogP contribution in [0.4, 0.5) is 0 Å². The van der Waals surface area contributed by atoms with E-state index in [2.05, 4.69) is 80.7 Å². The molecule has 0 saturated carbocycles. The number of aliphatic hydroxyl groups excluding tert-OH is 1. The van der Waals surface area contributed by atoms with Crippen LogP contribution in [0.2, 0.25) is 0 Å². The van der Waals surface area contributed by atoms with Gasteiger partial charge in [-0.05, 0) is 77.0 Å². The number of nitrogens with zero attached hydrogens (tertiary/aromatic N) is 1. The smallest absolute Gasteiger partial charge is 0.306 e. The van der Waals surface area contributed by atoms with Crippen LogP contribution in [0.3, 0.4) is 0 Å². The van der Waals surface area contributed by atoms with Gasteiger partial charge in [0.2, 0.25) is 0 Å². The van der Waals surface area contributed by atoms with Gasteiger partial charge < -0.3 is 33.0 Å². The maximum absolute atomic E-state index is 12.7. The fourth-order valence-electron chi connectivity index (χ4n) is 5.23. The van der Waals surface area contributed by atoms with Crippen LogP contribution in [0.15, 0.2) is 97.2 Å². The summed E-state index contributed by atoms with van der Waals surface area (Å²) >= 11 is 0. The molecule has 0 spiro atoms. The van der Waals surface area contributed by atoms with E-state index >= 15 is 0 Å². The van der Waals surface area contributed by atoms with E-state index in [0.717, 1.165) is 44.9 Å². The lowest BCUT2D eigenvalue weighted by molar-refractivity contribution is -0.870. The van der Waals surface area contributed by atoms with Gasteiger partial charge in [0, 0.05) is 12.8 Å². The van der Waals surface area contributed by atoms with E-state index in [9.17, 15) is 24.2 Å². The number of hydrogen-bond donors (Lipinski definition) is 1. The monoisotopic (exact) mass is 846 g/mol. The summed E-state index contributed by atoms with van der Waals surface area (Å²) in [5, 5.41) is 10.3. The van der Waals surface area contributed by atoms with Gasteiger partial charge in [0.25, 0.3) is 7.82 Å². The predicted molar refractivity (Wildman–Crippen MR) is 241 cm³/mol. The fraction of sp³-hybridized carbons (Fsp3) is 0.625. The third kappa shape index (κ3) is 42.8. The Morgan fingerprint density at radius 2 is 1.19 bits per heavy atom. The SMILES string of the molecule is CC/C=C\C/C=C\C/C=C\C/C=C\C=C\C(O)CCCC(=O)O[C@H](COC(=O)CCC/C=C\C/C=C\C/C=C\CCCCCCCC)COP(=O)([O-])OCC[N+](C)(C)C. The molecule has 0 saturated heterocycles. The molecule has 0 aromatic heterocycles. The van der Waals surface area contributed by atoms with Gasteiger partial charge in [-0.25, -0.2) is 0 Å². The molecule has 0 rings (SSSR count). The molecule has 0 amide bonds. The van der Waals surface area contributed by atoms with E-state index in [-0.39, 0.29) is 26.1 Å². The Bertz CT molecular complexity index is 1340. The van der Waals surface area contributed by atoms with E-state index in [4.69, 9.17) is 18.5 Å². The Labute approximate surface area is 358 Å². The number of phosphoric acid groups is 1. The lowest BCUT2D eigenvalue weighted by Gasteiger charge is -2.28. The van der Waals surface area contributed by atoms with Crippen molar-refractivity contribution in [2.75, 3.05) is 47.5 Å². The Balaban J connectivity index is 4.66. The third-order valence-corrected chi connectivity index (χ3v) is 9.66. The molecule has 0 aliphatic carbocycles. The molecule has 0 bridgehead atoms. The number of allylic oxidation sites excluding steroid dienone is 15. The van der Waals surface area contributed by atoms with Crippen LogP contribution in [-0.2, 0) is 32.7 Å². The zero-order chi connectivity index (χ0) is 43.7. The van der Waals surface area contributed by atoms with Crippen molar-refractivity contribution in [2.24, 2.45) is 0 Å². The summed E-state index contributed by atoms with van der Waals surface area (Å²) in [7, 11) is 1.00. The second kappa shape index (κ2) is 39.1. The molecule has 0 fully saturated rings. The molecule has 1 N–H and O–H groups in total. The highest BCUT2D eigenvalue weighted by atomic mass is 31.2. The summed E-state index contributed by atoms with van der Waals surface area (Å²) in [6.07, 6.45) is 47.6. The molecule has 10 nitrogen and oxygen atoms in total. The Morgan fingerprint density at radius 3 is 1.80 bits per heavy atom. The van der Waals surface area contributed by atoms with Gasteiger partial charge >= 0.3 is 11.9 Å². The number of ether oxygens (including phenoxy) is 2. The number of unbranched alkanes of at least 4 members (excludes halogenated alkanes) is 7. The summed E-state index contributed by atoms with van der Waals surface area (Å²) in [5.74, 6) is -1.11. The maximum atomic E-state index is 12.7. The van der Waals surface area contributed by atoms with E-state index in [1.807, 2.05) is 39.4 Å². The first-order chi connectivity index (χ1) is 28.4. The Kier molecular flexibility index (Phi) is 37.0. The minimum atomic E-state index is -4.70. The molecular formula is C48H80NO9P. The minimum Gasteiger partial charge on any atom is -0.756 e. The number of phosphoric ester groups is 1. The maximum Gasteiger partial charge on any atom is 0.306 e. The van der Waals surface area contributed by atoms with E-state index in [1.165, 1.54) is 38.5 Å². The molecule has 0 aromatic rings. The van der Waals surface area contributed by atoms with Crippen LogP contribution >= 0.6 is 7.82 Å². The molecule has 0 heterocycles. The van der Waals surface area contributed by atoms with Crippen molar-refractivity contribution in [3.63, 3.8) is 0 Å². The lowest BCUT2D eigenvalue weighted by Crippen LogP contribution is -2.37. The molecule has 0 radical (unpaired) electrons. The van der Waals surface area contributed by atoms with Gasteiger partial charge in [-0.3, -0.25) is 14.2 Å². The fourth-order valence-corrected chi connectivity index (χ4v) is 5.96. The number of esters is 2. The van der Waals surface area contributed by atoms with Gasteiger partial charge in [-0.2, -0.15) is 0 Å². The number of carbonyl (C=O) groups excluding carboxylic acids is 2. The first-order valence-electron chi connectivity index (χ1n) is 22.1. The average Bonchev–Trinajstić information content (AvgIpc) is 3.18. The number of carbonyl (C=O) groups is 2. The number of likely N-dealkylation sites (N-methyl/N-ethyl adjacent to an activating group) is 1. The highest BCUT2D eigenvalue weighted by Crippen LogP contribution is 2.38. The van der Waals surface area contributed by atoms with Gasteiger partial charge in [-0.15, -0.1) is 0 Å². The first-order valence-corrected chi connectivity index (χ1v) is 23.5. The van der Waals surface area contributed by atoms with Crippen molar-refractivity contribution in [1.82, 2.24) is 0 Å². The van der Waals surface area contributed by atoms with Gasteiger partial charge in [0.15, 0.2) is 6.10 Å². The normalized spacial score (nSPS) is 15.0. The highest BCUT2D eigenvalue weighted by molar-refractivity contribution is 7.45. The van der Waals surface area contributed by atoms with Crippen molar-refractivity contribution in [1.29, 1.82) is 0 Å². The molecule has 59 heavy (non-hydrogen) atoms. The van der Waals surface area contributed by atoms with Crippen molar-refractivity contribution in [3.05, 3.63) is 97.2 Å². The lowest BCUT2D eigenvalue weighted by atomic mass is 10.1. The standard InChI is InChI=1S/C48H80NO9P/c1-6-8-10-12-14-16-18-20-21-22-23-25-27-29-31-33-35-39-47(51)55-43-46(44-57-59(53,54)56-42-41-49(3,4)5)58-48(52)40-36-38-45(50)37-34-32-30-28-26-24-19-17-15-13-11-9-7-2/h9,11,15,17,20-21,23-26,29-32,34,37,45-46,50H,6-8,10,12-14,16,18-19,22,27-28,33,35-36,38-44H2,1-5H3/b11-9-,17-15-,21-20-,25-23-,26-24-,31-29-,32-30-,37-34+/t45?,46-/m1/s1. The summed E-state index contributed by atoms with van der Waals surface area (Å²) in [6, 6.07) is 0. The van der Waals surface area contributed by atoms with Gasteiger partial charge in [-0.1, -0.05) is 143 Å². The van der Waals surface area contributed by atoms with Crippen molar-refractivity contribution < 1.29 is 47.2 Å². The summed E-state index contributed by atoms with van der Waals surface area (Å²) in [6.45, 7) is 3.79. The average molecular weight is 846 g/mol. The Hall–Kier alpha value is -3.11. The summed E-state index contributed by atoms with van der Waals surface area (Å²) in [4.78, 5) is 37.5. The van der Waals surface area contributed by atoms with E-state index in [1.54, 1.807) is 12.2 Å². The zero-order valence-corrected chi connectivity index (χ0v) is 38.2. The predicted octanol–water partition coefficient (Wildman–Crippen LogP) is 10.9. The molecule has 11 heteroatoms. The number of quaternary nitrogens is 1. The second-order valence-corrected chi connectivity index (χ2v) is 16.9. The topological polar surface area (TPSA) is 131 Å². The first kappa shape index (κ1) is 55.9. The summed E-state index contributed by atoms with van der Waals surface area (Å²) in [5.41, 5.74) is 0. The number of hydrogen-bond acceptors (Lipinski definition) is 9. The molecule has 0 aliphatic heterocycles. The number of rotatable bonds is 38. The van der Waals surface area contributed by atoms with Crippen LogP contribution in [-0.4, -0.2) is 81.2 Å². The molecule has 336 valence electrons. The highest BCUT2D eigenvalue weighted by Gasteiger charge is 2.22. The van der Waals surface area contributed by atoms with Crippen LogP contribution < -0.4 is 4.89 Å². The van der Waals surface area contributed by atoms with Gasteiger partial charge in [0.05, 0.1) is 33.9 Å². The van der Waals surface area contributed by atoms with Crippen molar-refractivity contribution in [3.8, 4) is 0 Å². The second-order valence-electron chi connectivity index (χ2n) is 15.5. The number of aliphatic hydroxyl groups is 1. The van der Waals surface area contributed by atoms with E-state index < -0.39 is 38.6 Å². The molecule has 3 atom stereocenters. The van der Waals surface area contributed by atoms with Gasteiger partial charge in [0.1, 0.15) is 19.8 Å². The minimum absolute atomic E-state index is 0.0220. The Morgan fingerprint density at radius 1 is 0.644 bits per heavy atom.